The van der Waals surface area contributed by atoms with Gasteiger partial charge in [-0.15, -0.1) is 11.3 Å². The van der Waals surface area contributed by atoms with Crippen LogP contribution in [0.3, 0.4) is 0 Å². The van der Waals surface area contributed by atoms with Gasteiger partial charge >= 0.3 is 12.0 Å². The lowest BCUT2D eigenvalue weighted by atomic mass is 9.79. The van der Waals surface area contributed by atoms with E-state index < -0.39 is 5.97 Å². The highest BCUT2D eigenvalue weighted by Crippen LogP contribution is 2.29. The predicted molar refractivity (Wildman–Crippen MR) is 75.4 cm³/mol. The average molecular weight is 297 g/mol. The van der Waals surface area contributed by atoms with Gasteiger partial charge in [0.1, 0.15) is 0 Å². The number of carbonyl (C=O) groups excluding carboxylic acids is 1. The van der Waals surface area contributed by atoms with Crippen LogP contribution in [0.25, 0.3) is 0 Å². The van der Waals surface area contributed by atoms with Crippen LogP contribution in [0.4, 0.5) is 4.79 Å². The van der Waals surface area contributed by atoms with Crippen molar-refractivity contribution in [3.8, 4) is 0 Å². The molecule has 1 aromatic heterocycles. The highest BCUT2D eigenvalue weighted by Gasteiger charge is 2.30. The maximum absolute atomic E-state index is 11.7. The van der Waals surface area contributed by atoms with Crippen molar-refractivity contribution in [3.63, 3.8) is 0 Å². The zero-order chi connectivity index (χ0) is 14.4. The fraction of sp³-hybridized carbons (Fsp3) is 0.615. The minimum absolute atomic E-state index is 0.0374. The summed E-state index contributed by atoms with van der Waals surface area (Å²) in [5.74, 6) is -1.04. The van der Waals surface area contributed by atoms with Crippen molar-refractivity contribution in [2.45, 2.75) is 32.2 Å². The average Bonchev–Trinajstić information content (AvgIpc) is 2.96. The Morgan fingerprint density at radius 2 is 2.15 bits per heavy atom. The lowest BCUT2D eigenvalue weighted by Gasteiger charge is -2.28. The van der Waals surface area contributed by atoms with Crippen molar-refractivity contribution in [1.29, 1.82) is 0 Å². The maximum Gasteiger partial charge on any atom is 0.315 e. The Hall–Kier alpha value is -1.63. The molecule has 1 aliphatic rings. The van der Waals surface area contributed by atoms with Crippen molar-refractivity contribution in [2.75, 3.05) is 6.54 Å². The Morgan fingerprint density at radius 1 is 1.35 bits per heavy atom. The number of rotatable bonds is 5. The number of amides is 2. The summed E-state index contributed by atoms with van der Waals surface area (Å²) in [6.07, 6.45) is 5.30. The van der Waals surface area contributed by atoms with E-state index in [1.54, 1.807) is 11.7 Å². The molecule has 1 fully saturated rings. The third-order valence-corrected chi connectivity index (χ3v) is 4.44. The molecule has 1 aromatic rings. The Balaban J connectivity index is 1.72. The number of thiazole rings is 1. The number of urea groups is 1. The third kappa shape index (κ3) is 4.19. The van der Waals surface area contributed by atoms with Crippen LogP contribution in [0.1, 0.15) is 30.6 Å². The second kappa shape index (κ2) is 7.23. The molecular formula is C13H19N3O3S. The minimum atomic E-state index is -0.749. The number of carboxylic acids is 1. The summed E-state index contributed by atoms with van der Waals surface area (Å²) in [4.78, 5) is 27.7. The monoisotopic (exact) mass is 297 g/mol. The van der Waals surface area contributed by atoms with Gasteiger partial charge in [0.2, 0.25) is 0 Å². The van der Waals surface area contributed by atoms with Gasteiger partial charge in [0.25, 0.3) is 0 Å². The van der Waals surface area contributed by atoms with E-state index in [1.165, 1.54) is 11.3 Å². The Kier molecular flexibility index (Phi) is 5.34. The zero-order valence-electron chi connectivity index (χ0n) is 11.2. The van der Waals surface area contributed by atoms with E-state index in [4.69, 9.17) is 5.11 Å². The molecule has 110 valence electrons. The molecule has 1 aliphatic carbocycles. The summed E-state index contributed by atoms with van der Waals surface area (Å²) >= 11 is 1.48. The van der Waals surface area contributed by atoms with Gasteiger partial charge in [-0.05, 0) is 18.8 Å². The van der Waals surface area contributed by atoms with Crippen LogP contribution in [0.5, 0.6) is 0 Å². The van der Waals surface area contributed by atoms with Gasteiger partial charge in [0, 0.05) is 17.6 Å². The van der Waals surface area contributed by atoms with Crippen molar-refractivity contribution in [2.24, 2.45) is 11.8 Å². The van der Waals surface area contributed by atoms with Gasteiger partial charge in [-0.25, -0.2) is 4.79 Å². The standard InChI is InChI=1S/C13H19N3O3S/c17-12(18)11-4-2-1-3-9(11)5-15-13(19)16-7-10-6-14-8-20-10/h6,8-9,11H,1-5,7H2,(H,17,18)(H2,15,16,19). The van der Waals surface area contributed by atoms with Crippen molar-refractivity contribution < 1.29 is 14.7 Å². The first-order chi connectivity index (χ1) is 9.66. The first-order valence-electron chi connectivity index (χ1n) is 6.78. The number of aromatic nitrogens is 1. The largest absolute Gasteiger partial charge is 0.481 e. The smallest absolute Gasteiger partial charge is 0.315 e. The van der Waals surface area contributed by atoms with E-state index in [0.29, 0.717) is 19.5 Å². The zero-order valence-corrected chi connectivity index (χ0v) is 12.0. The number of carbonyl (C=O) groups is 2. The third-order valence-electron chi connectivity index (χ3n) is 3.66. The molecule has 0 saturated heterocycles. The van der Waals surface area contributed by atoms with E-state index in [0.717, 1.165) is 24.1 Å². The van der Waals surface area contributed by atoms with E-state index in [9.17, 15) is 9.59 Å². The number of nitrogens with one attached hydrogen (secondary N) is 2. The van der Waals surface area contributed by atoms with Crippen molar-refractivity contribution in [1.82, 2.24) is 15.6 Å². The summed E-state index contributed by atoms with van der Waals surface area (Å²) < 4.78 is 0. The molecule has 2 atom stereocenters. The topological polar surface area (TPSA) is 91.3 Å². The normalized spacial score (nSPS) is 22.2. The van der Waals surface area contributed by atoms with Gasteiger partial charge in [-0.1, -0.05) is 12.8 Å². The number of nitrogens with zero attached hydrogens (tertiary/aromatic N) is 1. The van der Waals surface area contributed by atoms with Crippen LogP contribution >= 0.6 is 11.3 Å². The molecule has 0 bridgehead atoms. The first kappa shape index (κ1) is 14.8. The molecule has 3 N–H and O–H groups in total. The molecule has 0 spiro atoms. The molecular weight excluding hydrogens is 278 g/mol. The number of carboxylic acid groups (broad SMARTS) is 1. The summed E-state index contributed by atoms with van der Waals surface area (Å²) in [6.45, 7) is 0.870. The minimum Gasteiger partial charge on any atom is -0.481 e. The molecule has 1 heterocycles. The van der Waals surface area contributed by atoms with Crippen LogP contribution in [-0.2, 0) is 11.3 Å². The van der Waals surface area contributed by atoms with E-state index >= 15 is 0 Å². The number of aliphatic carboxylic acids is 1. The predicted octanol–water partition coefficient (Wildman–Crippen LogP) is 1.83. The Labute approximate surface area is 121 Å². The number of hydrogen-bond acceptors (Lipinski definition) is 4. The summed E-state index contributed by atoms with van der Waals surface area (Å²) in [5, 5.41) is 14.7. The van der Waals surface area contributed by atoms with Crippen LogP contribution < -0.4 is 10.6 Å². The van der Waals surface area contributed by atoms with Gasteiger partial charge in [0.05, 0.1) is 18.0 Å². The second-order valence-electron chi connectivity index (χ2n) is 5.02. The Morgan fingerprint density at radius 3 is 2.85 bits per heavy atom. The number of hydrogen-bond donors (Lipinski definition) is 3. The fourth-order valence-electron chi connectivity index (χ4n) is 2.56. The lowest BCUT2D eigenvalue weighted by molar-refractivity contribution is -0.144. The first-order valence-corrected chi connectivity index (χ1v) is 7.66. The van der Waals surface area contributed by atoms with E-state index in [2.05, 4.69) is 15.6 Å². The molecule has 0 aliphatic heterocycles. The van der Waals surface area contributed by atoms with Crippen molar-refractivity contribution >= 4 is 23.3 Å². The highest BCUT2D eigenvalue weighted by atomic mass is 32.1. The van der Waals surface area contributed by atoms with Crippen LogP contribution in [-0.4, -0.2) is 28.6 Å². The Bertz CT molecular complexity index is 450. The highest BCUT2D eigenvalue weighted by molar-refractivity contribution is 7.09. The van der Waals surface area contributed by atoms with Crippen LogP contribution in [0.2, 0.25) is 0 Å². The van der Waals surface area contributed by atoms with Gasteiger partial charge in [-0.2, -0.15) is 0 Å². The molecule has 2 unspecified atom stereocenters. The fourth-order valence-corrected chi connectivity index (χ4v) is 3.09. The quantitative estimate of drug-likeness (QED) is 0.773. The molecule has 2 amide bonds. The summed E-state index contributed by atoms with van der Waals surface area (Å²) in [7, 11) is 0. The van der Waals surface area contributed by atoms with Crippen molar-refractivity contribution in [3.05, 3.63) is 16.6 Å². The van der Waals surface area contributed by atoms with Gasteiger partial charge < -0.3 is 15.7 Å². The van der Waals surface area contributed by atoms with Crippen LogP contribution in [0, 0.1) is 11.8 Å². The molecule has 6 nitrogen and oxygen atoms in total. The molecule has 1 saturated carbocycles. The lowest BCUT2D eigenvalue weighted by Crippen LogP contribution is -2.41. The molecule has 2 rings (SSSR count). The molecule has 7 heteroatoms. The molecule has 0 aromatic carbocycles. The summed E-state index contributed by atoms with van der Waals surface area (Å²) in [5.41, 5.74) is 1.72. The second-order valence-corrected chi connectivity index (χ2v) is 5.99. The summed E-state index contributed by atoms with van der Waals surface area (Å²) in [6, 6.07) is -0.256. The van der Waals surface area contributed by atoms with E-state index in [1.807, 2.05) is 0 Å². The van der Waals surface area contributed by atoms with Gasteiger partial charge in [0.15, 0.2) is 0 Å². The SMILES string of the molecule is O=C(NCc1cncs1)NCC1CCCCC1C(=O)O. The molecule has 20 heavy (non-hydrogen) atoms. The van der Waals surface area contributed by atoms with E-state index in [-0.39, 0.29) is 17.9 Å². The molecule has 0 radical (unpaired) electrons. The van der Waals surface area contributed by atoms with Gasteiger partial charge in [-0.3, -0.25) is 9.78 Å². The van der Waals surface area contributed by atoms with Crippen LogP contribution in [0.15, 0.2) is 11.7 Å². The maximum atomic E-state index is 11.7.